The highest BCUT2D eigenvalue weighted by atomic mass is 14.0. The van der Waals surface area contributed by atoms with Crippen molar-refractivity contribution in [2.45, 2.75) is 20.3 Å². The fourth-order valence-electron chi connectivity index (χ4n) is 0.785. The standard InChI is InChI=1S/C11H18/c1-5-7-11(4)9-8-10(3)6-2/h5-6,8-11H,1-2,7H2,3-4H3/b9-8+. The second kappa shape index (κ2) is 5.96. The maximum Gasteiger partial charge on any atom is -0.00845 e. The minimum Gasteiger partial charge on any atom is -0.103 e. The summed E-state index contributed by atoms with van der Waals surface area (Å²) in [7, 11) is 0. The van der Waals surface area contributed by atoms with Gasteiger partial charge >= 0.3 is 0 Å². The molecule has 0 bridgehead atoms. The maximum absolute atomic E-state index is 3.71. The summed E-state index contributed by atoms with van der Waals surface area (Å²) in [4.78, 5) is 0. The van der Waals surface area contributed by atoms with Crippen LogP contribution < -0.4 is 0 Å². The molecule has 0 aliphatic heterocycles. The molecule has 0 spiro atoms. The maximum atomic E-state index is 3.71. The lowest BCUT2D eigenvalue weighted by Crippen LogP contribution is -1.88. The largest absolute Gasteiger partial charge is 0.103 e. The van der Waals surface area contributed by atoms with E-state index in [1.165, 1.54) is 0 Å². The lowest BCUT2D eigenvalue weighted by molar-refractivity contribution is 0.735. The van der Waals surface area contributed by atoms with E-state index in [4.69, 9.17) is 0 Å². The quantitative estimate of drug-likeness (QED) is 0.525. The van der Waals surface area contributed by atoms with Crippen molar-refractivity contribution < 1.29 is 0 Å². The van der Waals surface area contributed by atoms with E-state index in [2.05, 4.69) is 39.2 Å². The van der Waals surface area contributed by atoms with Crippen LogP contribution in [-0.4, -0.2) is 0 Å². The monoisotopic (exact) mass is 150 g/mol. The van der Waals surface area contributed by atoms with Crippen molar-refractivity contribution in [2.75, 3.05) is 0 Å². The predicted molar refractivity (Wildman–Crippen MR) is 52.5 cm³/mol. The lowest BCUT2D eigenvalue weighted by Gasteiger charge is -2.01. The SMILES string of the molecule is C=CCC(C)/C=C/C(C)C=C. The Morgan fingerprint density at radius 1 is 1.18 bits per heavy atom. The van der Waals surface area contributed by atoms with Crippen LogP contribution in [0.15, 0.2) is 37.5 Å². The first-order valence-corrected chi connectivity index (χ1v) is 4.12. The Kier molecular flexibility index (Phi) is 5.54. The minimum atomic E-state index is 0.488. The summed E-state index contributed by atoms with van der Waals surface area (Å²) in [5.41, 5.74) is 0. The molecule has 0 amide bonds. The smallest absolute Gasteiger partial charge is 0.00845 e. The number of hydrogen-bond acceptors (Lipinski definition) is 0. The van der Waals surface area contributed by atoms with Crippen molar-refractivity contribution in [3.63, 3.8) is 0 Å². The first-order chi connectivity index (χ1) is 5.20. The van der Waals surface area contributed by atoms with E-state index in [-0.39, 0.29) is 0 Å². The summed E-state index contributed by atoms with van der Waals surface area (Å²) >= 11 is 0. The molecule has 11 heavy (non-hydrogen) atoms. The Hall–Kier alpha value is -0.780. The Morgan fingerprint density at radius 2 is 1.82 bits per heavy atom. The van der Waals surface area contributed by atoms with Gasteiger partial charge in [-0.3, -0.25) is 0 Å². The van der Waals surface area contributed by atoms with Crippen LogP contribution in [0.2, 0.25) is 0 Å². The number of hydrogen-bond donors (Lipinski definition) is 0. The van der Waals surface area contributed by atoms with Crippen molar-refractivity contribution in [2.24, 2.45) is 11.8 Å². The summed E-state index contributed by atoms with van der Waals surface area (Å²) in [5.74, 6) is 1.09. The Morgan fingerprint density at radius 3 is 2.27 bits per heavy atom. The molecule has 0 aromatic carbocycles. The molecule has 0 saturated carbocycles. The average molecular weight is 150 g/mol. The summed E-state index contributed by atoms with van der Waals surface area (Å²) in [6.07, 6.45) is 9.35. The van der Waals surface area contributed by atoms with Gasteiger partial charge in [-0.25, -0.2) is 0 Å². The van der Waals surface area contributed by atoms with Gasteiger partial charge in [-0.05, 0) is 18.3 Å². The highest BCUT2D eigenvalue weighted by molar-refractivity contribution is 4.97. The van der Waals surface area contributed by atoms with Gasteiger partial charge in [0, 0.05) is 0 Å². The number of rotatable bonds is 5. The van der Waals surface area contributed by atoms with E-state index < -0.39 is 0 Å². The van der Waals surface area contributed by atoms with Crippen LogP contribution in [0.1, 0.15) is 20.3 Å². The summed E-state index contributed by atoms with van der Waals surface area (Å²) < 4.78 is 0. The normalized spacial score (nSPS) is 16.2. The van der Waals surface area contributed by atoms with Crippen LogP contribution in [0.25, 0.3) is 0 Å². The molecule has 0 heterocycles. The molecule has 0 aromatic heterocycles. The zero-order valence-corrected chi connectivity index (χ0v) is 7.59. The van der Waals surface area contributed by atoms with E-state index >= 15 is 0 Å². The summed E-state index contributed by atoms with van der Waals surface area (Å²) in [5, 5.41) is 0. The minimum absolute atomic E-state index is 0.488. The fourth-order valence-corrected chi connectivity index (χ4v) is 0.785. The molecule has 2 atom stereocenters. The molecule has 0 aromatic rings. The van der Waals surface area contributed by atoms with Crippen LogP contribution >= 0.6 is 0 Å². The van der Waals surface area contributed by atoms with Gasteiger partial charge in [0.15, 0.2) is 0 Å². The van der Waals surface area contributed by atoms with Gasteiger partial charge in [0.05, 0.1) is 0 Å². The third kappa shape index (κ3) is 5.65. The van der Waals surface area contributed by atoms with Crippen molar-refractivity contribution in [1.82, 2.24) is 0 Å². The first kappa shape index (κ1) is 10.2. The van der Waals surface area contributed by atoms with Crippen molar-refractivity contribution in [1.29, 1.82) is 0 Å². The molecule has 0 aliphatic carbocycles. The van der Waals surface area contributed by atoms with Gasteiger partial charge in [0.25, 0.3) is 0 Å². The third-order valence-electron chi connectivity index (χ3n) is 1.65. The third-order valence-corrected chi connectivity index (χ3v) is 1.65. The van der Waals surface area contributed by atoms with Gasteiger partial charge in [0.1, 0.15) is 0 Å². The van der Waals surface area contributed by atoms with Gasteiger partial charge in [0.2, 0.25) is 0 Å². The molecule has 0 radical (unpaired) electrons. The second-order valence-corrected chi connectivity index (χ2v) is 2.98. The highest BCUT2D eigenvalue weighted by Crippen LogP contribution is 2.06. The van der Waals surface area contributed by atoms with Crippen molar-refractivity contribution >= 4 is 0 Å². The second-order valence-electron chi connectivity index (χ2n) is 2.98. The van der Waals surface area contributed by atoms with Gasteiger partial charge < -0.3 is 0 Å². The van der Waals surface area contributed by atoms with Crippen LogP contribution in [0, 0.1) is 11.8 Å². The highest BCUT2D eigenvalue weighted by Gasteiger charge is 1.93. The molecular formula is C11H18. The van der Waals surface area contributed by atoms with Gasteiger partial charge in [-0.1, -0.05) is 38.2 Å². The Balaban J connectivity index is 3.70. The molecule has 2 unspecified atom stereocenters. The molecule has 62 valence electrons. The van der Waals surface area contributed by atoms with E-state index in [9.17, 15) is 0 Å². The van der Waals surface area contributed by atoms with E-state index in [1.54, 1.807) is 0 Å². The van der Waals surface area contributed by atoms with Crippen LogP contribution in [0.4, 0.5) is 0 Å². The van der Waals surface area contributed by atoms with Crippen LogP contribution in [0.3, 0.4) is 0 Å². The van der Waals surface area contributed by atoms with E-state index in [0.717, 1.165) is 6.42 Å². The zero-order chi connectivity index (χ0) is 8.69. The first-order valence-electron chi connectivity index (χ1n) is 4.12. The summed E-state index contributed by atoms with van der Waals surface area (Å²) in [6, 6.07) is 0. The Labute approximate surface area is 70.3 Å². The van der Waals surface area contributed by atoms with Crippen LogP contribution in [-0.2, 0) is 0 Å². The fraction of sp³-hybridized carbons (Fsp3) is 0.455. The number of allylic oxidation sites excluding steroid dienone is 4. The zero-order valence-electron chi connectivity index (χ0n) is 7.59. The molecule has 0 saturated heterocycles. The molecule has 0 fully saturated rings. The molecule has 0 heteroatoms. The van der Waals surface area contributed by atoms with E-state index in [0.29, 0.717) is 11.8 Å². The molecule has 0 N–H and O–H groups in total. The topological polar surface area (TPSA) is 0 Å². The predicted octanol–water partition coefficient (Wildman–Crippen LogP) is 3.58. The van der Waals surface area contributed by atoms with Crippen molar-refractivity contribution in [3.05, 3.63) is 37.5 Å². The van der Waals surface area contributed by atoms with Gasteiger partial charge in [-0.15, -0.1) is 13.2 Å². The van der Waals surface area contributed by atoms with E-state index in [1.807, 2.05) is 12.2 Å². The molecule has 0 aliphatic rings. The van der Waals surface area contributed by atoms with Gasteiger partial charge in [-0.2, -0.15) is 0 Å². The summed E-state index contributed by atoms with van der Waals surface area (Å²) in [6.45, 7) is 11.7. The Bertz CT molecular complexity index is 142. The molecule has 0 rings (SSSR count). The van der Waals surface area contributed by atoms with Crippen LogP contribution in [0.5, 0.6) is 0 Å². The van der Waals surface area contributed by atoms with Crippen molar-refractivity contribution in [3.8, 4) is 0 Å². The molecule has 0 nitrogen and oxygen atoms in total. The average Bonchev–Trinajstić information content (AvgIpc) is 2.01. The molecular weight excluding hydrogens is 132 g/mol. The lowest BCUT2D eigenvalue weighted by atomic mass is 10.0.